The first-order valence-electron chi connectivity index (χ1n) is 6.21. The van der Waals surface area contributed by atoms with Crippen molar-refractivity contribution in [2.75, 3.05) is 11.9 Å². The number of nitrogens with one attached hydrogen (secondary N) is 2. The number of pyridine rings is 1. The number of nitrogens with zero attached hydrogens (tertiary/aromatic N) is 1. The van der Waals surface area contributed by atoms with E-state index in [0.29, 0.717) is 0 Å². The van der Waals surface area contributed by atoms with Gasteiger partial charge >= 0.3 is 0 Å². The largest absolute Gasteiger partial charge is 0.323 e. The summed E-state index contributed by atoms with van der Waals surface area (Å²) in [5, 5.41) is 6.27. The molecule has 1 amide bonds. The van der Waals surface area contributed by atoms with Crippen LogP contribution in [0.25, 0.3) is 0 Å². The van der Waals surface area contributed by atoms with Gasteiger partial charge in [-0.3, -0.25) is 4.79 Å². The van der Waals surface area contributed by atoms with Gasteiger partial charge in [0, 0.05) is 0 Å². The summed E-state index contributed by atoms with van der Waals surface area (Å²) in [7, 11) is 0. The summed E-state index contributed by atoms with van der Waals surface area (Å²) in [6, 6.07) is 3.70. The van der Waals surface area contributed by atoms with Crippen LogP contribution in [0.2, 0.25) is 0 Å². The van der Waals surface area contributed by atoms with Crippen molar-refractivity contribution in [3.63, 3.8) is 0 Å². The van der Waals surface area contributed by atoms with Gasteiger partial charge in [-0.25, -0.2) is 4.98 Å². The molecule has 1 unspecified atom stereocenters. The van der Waals surface area contributed by atoms with Crippen molar-refractivity contribution in [3.8, 4) is 0 Å². The number of carbonyl (C=O) groups is 1. The fraction of sp³-hybridized carbons (Fsp3) is 0.538. The third-order valence-corrected chi connectivity index (χ3v) is 3.86. The molecule has 4 nitrogen and oxygen atoms in total. The van der Waals surface area contributed by atoms with E-state index in [1.807, 2.05) is 26.0 Å². The van der Waals surface area contributed by atoms with Crippen LogP contribution in [0, 0.1) is 6.92 Å². The highest BCUT2D eigenvalue weighted by Crippen LogP contribution is 2.22. The second-order valence-corrected chi connectivity index (χ2v) is 5.75. The SMILES string of the molecule is Cc1nc(Br)ccc1NC(=O)C1(C)CCCCN1. The van der Waals surface area contributed by atoms with E-state index in [2.05, 4.69) is 31.5 Å². The van der Waals surface area contributed by atoms with E-state index in [0.717, 1.165) is 41.8 Å². The minimum Gasteiger partial charge on any atom is -0.323 e. The first-order valence-corrected chi connectivity index (χ1v) is 7.00. The van der Waals surface area contributed by atoms with Gasteiger partial charge in [0.2, 0.25) is 5.91 Å². The number of hydrogen-bond acceptors (Lipinski definition) is 3. The molecule has 98 valence electrons. The molecule has 2 rings (SSSR count). The number of piperidine rings is 1. The van der Waals surface area contributed by atoms with Crippen molar-refractivity contribution < 1.29 is 4.79 Å². The van der Waals surface area contributed by atoms with Crippen LogP contribution in [-0.4, -0.2) is 23.0 Å². The Morgan fingerprint density at radius 2 is 2.28 bits per heavy atom. The summed E-state index contributed by atoms with van der Waals surface area (Å²) in [6.45, 7) is 4.75. The number of rotatable bonds is 2. The summed E-state index contributed by atoms with van der Waals surface area (Å²) in [5.74, 6) is 0.0226. The lowest BCUT2D eigenvalue weighted by Gasteiger charge is -2.33. The summed E-state index contributed by atoms with van der Waals surface area (Å²) < 4.78 is 0.778. The molecule has 2 heterocycles. The molecule has 5 heteroatoms. The molecule has 0 saturated carbocycles. The van der Waals surface area contributed by atoms with Gasteiger partial charge in [-0.1, -0.05) is 0 Å². The van der Waals surface area contributed by atoms with E-state index >= 15 is 0 Å². The smallest absolute Gasteiger partial charge is 0.244 e. The van der Waals surface area contributed by atoms with E-state index in [-0.39, 0.29) is 5.91 Å². The molecule has 1 aliphatic heterocycles. The normalized spacial score (nSPS) is 23.7. The monoisotopic (exact) mass is 311 g/mol. The van der Waals surface area contributed by atoms with Crippen LogP contribution in [0.15, 0.2) is 16.7 Å². The fourth-order valence-electron chi connectivity index (χ4n) is 2.17. The number of carbonyl (C=O) groups excluding carboxylic acids is 1. The van der Waals surface area contributed by atoms with Gasteiger partial charge in [0.1, 0.15) is 4.60 Å². The molecule has 1 atom stereocenters. The molecule has 0 spiro atoms. The summed E-state index contributed by atoms with van der Waals surface area (Å²) in [6.07, 6.45) is 3.11. The molecule has 0 aromatic carbocycles. The van der Waals surface area contributed by atoms with Gasteiger partial charge in [-0.2, -0.15) is 0 Å². The van der Waals surface area contributed by atoms with Gasteiger partial charge in [-0.15, -0.1) is 0 Å². The number of halogens is 1. The predicted molar refractivity (Wildman–Crippen MR) is 75.6 cm³/mol. The molecule has 2 N–H and O–H groups in total. The molecular formula is C13H18BrN3O. The summed E-state index contributed by atoms with van der Waals surface area (Å²) >= 11 is 3.31. The molecule has 1 aromatic heterocycles. The minimum absolute atomic E-state index is 0.0226. The number of aryl methyl sites for hydroxylation is 1. The van der Waals surface area contributed by atoms with Crippen LogP contribution in [0.5, 0.6) is 0 Å². The highest BCUT2D eigenvalue weighted by atomic mass is 79.9. The van der Waals surface area contributed by atoms with Crippen LogP contribution in [0.3, 0.4) is 0 Å². The lowest BCUT2D eigenvalue weighted by Crippen LogP contribution is -2.54. The molecule has 1 saturated heterocycles. The van der Waals surface area contributed by atoms with Crippen molar-refractivity contribution in [2.24, 2.45) is 0 Å². The molecule has 0 aliphatic carbocycles. The average Bonchev–Trinajstić information content (AvgIpc) is 2.33. The fourth-order valence-corrected chi connectivity index (χ4v) is 2.57. The first-order chi connectivity index (χ1) is 8.51. The van der Waals surface area contributed by atoms with Crippen LogP contribution in [-0.2, 0) is 4.79 Å². The Bertz CT molecular complexity index is 456. The van der Waals surface area contributed by atoms with Crippen molar-refractivity contribution in [1.29, 1.82) is 0 Å². The predicted octanol–water partition coefficient (Wildman–Crippen LogP) is 2.62. The Balaban J connectivity index is 2.11. The van der Waals surface area contributed by atoms with E-state index in [9.17, 15) is 4.79 Å². The second kappa shape index (κ2) is 5.36. The zero-order valence-electron chi connectivity index (χ0n) is 10.7. The molecular weight excluding hydrogens is 294 g/mol. The molecule has 18 heavy (non-hydrogen) atoms. The van der Waals surface area contributed by atoms with Crippen LogP contribution < -0.4 is 10.6 Å². The van der Waals surface area contributed by atoms with E-state index in [4.69, 9.17) is 0 Å². The number of amides is 1. The second-order valence-electron chi connectivity index (χ2n) is 4.94. The van der Waals surface area contributed by atoms with Gasteiger partial charge in [0.15, 0.2) is 0 Å². The van der Waals surface area contributed by atoms with Crippen molar-refractivity contribution >= 4 is 27.5 Å². The van der Waals surface area contributed by atoms with Gasteiger partial charge in [0.25, 0.3) is 0 Å². The first kappa shape index (κ1) is 13.5. The molecule has 0 radical (unpaired) electrons. The number of anilines is 1. The molecule has 1 aromatic rings. The molecule has 0 bridgehead atoms. The minimum atomic E-state index is -0.461. The maximum absolute atomic E-state index is 12.3. The topological polar surface area (TPSA) is 54.0 Å². The molecule has 1 aliphatic rings. The summed E-state index contributed by atoms with van der Waals surface area (Å²) in [4.78, 5) is 16.6. The zero-order valence-corrected chi connectivity index (χ0v) is 12.3. The lowest BCUT2D eigenvalue weighted by molar-refractivity contribution is -0.122. The van der Waals surface area contributed by atoms with Crippen LogP contribution in [0.1, 0.15) is 31.9 Å². The van der Waals surface area contributed by atoms with Crippen LogP contribution >= 0.6 is 15.9 Å². The van der Waals surface area contributed by atoms with Gasteiger partial charge in [-0.05, 0) is 67.7 Å². The molecule has 1 fully saturated rings. The van der Waals surface area contributed by atoms with Crippen molar-refractivity contribution in [3.05, 3.63) is 22.4 Å². The maximum atomic E-state index is 12.3. The quantitative estimate of drug-likeness (QED) is 0.826. The Labute approximate surface area is 116 Å². The van der Waals surface area contributed by atoms with Crippen LogP contribution in [0.4, 0.5) is 5.69 Å². The van der Waals surface area contributed by atoms with Gasteiger partial charge in [0.05, 0.1) is 16.9 Å². The Morgan fingerprint density at radius 3 is 2.89 bits per heavy atom. The van der Waals surface area contributed by atoms with E-state index in [1.54, 1.807) is 0 Å². The third kappa shape index (κ3) is 2.90. The van der Waals surface area contributed by atoms with E-state index in [1.165, 1.54) is 0 Å². The number of aromatic nitrogens is 1. The third-order valence-electron chi connectivity index (χ3n) is 3.42. The highest BCUT2D eigenvalue weighted by Gasteiger charge is 2.34. The van der Waals surface area contributed by atoms with Crippen molar-refractivity contribution in [2.45, 2.75) is 38.6 Å². The average molecular weight is 312 g/mol. The lowest BCUT2D eigenvalue weighted by atomic mass is 9.90. The van der Waals surface area contributed by atoms with Gasteiger partial charge < -0.3 is 10.6 Å². The number of hydrogen-bond donors (Lipinski definition) is 2. The Hall–Kier alpha value is -0.940. The Kier molecular flexibility index (Phi) is 4.02. The standard InChI is InChI=1S/C13H18BrN3O/c1-9-10(5-6-11(14)16-9)17-12(18)13(2)7-3-4-8-15-13/h5-6,15H,3-4,7-8H2,1-2H3,(H,17,18). The van der Waals surface area contributed by atoms with E-state index < -0.39 is 5.54 Å². The van der Waals surface area contributed by atoms with Crippen molar-refractivity contribution in [1.82, 2.24) is 10.3 Å². The zero-order chi connectivity index (χ0) is 13.2. The highest BCUT2D eigenvalue weighted by molar-refractivity contribution is 9.10. The summed E-state index contributed by atoms with van der Waals surface area (Å²) in [5.41, 5.74) is 1.13. The Morgan fingerprint density at radius 1 is 1.50 bits per heavy atom. The maximum Gasteiger partial charge on any atom is 0.244 e.